The van der Waals surface area contributed by atoms with Gasteiger partial charge in [0.25, 0.3) is 0 Å². The fourth-order valence-corrected chi connectivity index (χ4v) is 2.06. The molecule has 2 rings (SSSR count). The highest BCUT2D eigenvalue weighted by molar-refractivity contribution is 5.07. The minimum Gasteiger partial charge on any atom is -0.465 e. The van der Waals surface area contributed by atoms with Crippen molar-refractivity contribution in [3.63, 3.8) is 0 Å². The maximum atomic E-state index is 5.56. The van der Waals surface area contributed by atoms with E-state index in [0.29, 0.717) is 0 Å². The molecule has 110 valence electrons. The van der Waals surface area contributed by atoms with E-state index in [1.165, 1.54) is 0 Å². The molecule has 5 heteroatoms. The first-order valence-electron chi connectivity index (χ1n) is 7.06. The van der Waals surface area contributed by atoms with Crippen molar-refractivity contribution in [3.8, 4) is 0 Å². The number of furan rings is 1. The number of nitrogens with zero attached hydrogens (tertiary/aromatic N) is 2. The number of hydrogen-bond donors (Lipinski definition) is 1. The molecule has 0 aliphatic heterocycles. The zero-order valence-corrected chi connectivity index (χ0v) is 12.5. The van der Waals surface area contributed by atoms with Gasteiger partial charge in [0.15, 0.2) is 5.76 Å². The van der Waals surface area contributed by atoms with Gasteiger partial charge in [-0.15, -0.1) is 0 Å². The molecule has 0 unspecified atom stereocenters. The van der Waals surface area contributed by atoms with Gasteiger partial charge in [-0.05, 0) is 39.1 Å². The number of aryl methyl sites for hydroxylation is 1. The van der Waals surface area contributed by atoms with Gasteiger partial charge in [-0.25, -0.2) is 0 Å². The van der Waals surface area contributed by atoms with Crippen molar-refractivity contribution < 1.29 is 8.94 Å². The van der Waals surface area contributed by atoms with Crippen LogP contribution in [0.2, 0.25) is 0 Å². The minimum absolute atomic E-state index is 0.723. The summed E-state index contributed by atoms with van der Waals surface area (Å²) in [6.45, 7) is 7.35. The van der Waals surface area contributed by atoms with Crippen LogP contribution >= 0.6 is 0 Å². The Morgan fingerprint density at radius 1 is 1.25 bits per heavy atom. The highest BCUT2D eigenvalue weighted by Gasteiger charge is 2.09. The second-order valence-corrected chi connectivity index (χ2v) is 5.15. The molecule has 2 aromatic heterocycles. The van der Waals surface area contributed by atoms with Crippen LogP contribution in [0, 0.1) is 6.92 Å². The average molecular weight is 277 g/mol. The molecule has 0 fully saturated rings. The Balaban J connectivity index is 1.80. The van der Waals surface area contributed by atoms with Crippen molar-refractivity contribution in [2.45, 2.75) is 39.9 Å². The summed E-state index contributed by atoms with van der Waals surface area (Å²) in [5, 5.41) is 7.37. The summed E-state index contributed by atoms with van der Waals surface area (Å²) in [7, 11) is 2.04. The number of hydrogen-bond acceptors (Lipinski definition) is 5. The maximum absolute atomic E-state index is 5.56. The third-order valence-corrected chi connectivity index (χ3v) is 2.99. The molecule has 2 aromatic rings. The fourth-order valence-electron chi connectivity index (χ4n) is 2.06. The first-order chi connectivity index (χ1) is 9.67. The van der Waals surface area contributed by atoms with E-state index in [4.69, 9.17) is 8.94 Å². The van der Waals surface area contributed by atoms with Crippen molar-refractivity contribution >= 4 is 0 Å². The van der Waals surface area contributed by atoms with Gasteiger partial charge in [-0.2, -0.15) is 0 Å². The van der Waals surface area contributed by atoms with Crippen molar-refractivity contribution in [2.24, 2.45) is 0 Å². The van der Waals surface area contributed by atoms with Crippen LogP contribution in [-0.4, -0.2) is 23.6 Å². The molecule has 0 amide bonds. The van der Waals surface area contributed by atoms with Crippen LogP contribution in [0.4, 0.5) is 0 Å². The summed E-state index contributed by atoms with van der Waals surface area (Å²) in [6, 6.07) is 5.99. The van der Waals surface area contributed by atoms with Gasteiger partial charge in [0.1, 0.15) is 11.5 Å². The molecule has 0 aliphatic rings. The van der Waals surface area contributed by atoms with Crippen molar-refractivity contribution in [2.75, 3.05) is 13.6 Å². The largest absolute Gasteiger partial charge is 0.465 e. The van der Waals surface area contributed by atoms with Gasteiger partial charge in [-0.3, -0.25) is 4.90 Å². The van der Waals surface area contributed by atoms with E-state index in [1.54, 1.807) is 0 Å². The topological polar surface area (TPSA) is 54.4 Å². The van der Waals surface area contributed by atoms with E-state index < -0.39 is 0 Å². The second-order valence-electron chi connectivity index (χ2n) is 5.15. The highest BCUT2D eigenvalue weighted by Crippen LogP contribution is 2.12. The second kappa shape index (κ2) is 7.26. The van der Waals surface area contributed by atoms with Crippen LogP contribution in [0.3, 0.4) is 0 Å². The van der Waals surface area contributed by atoms with Crippen LogP contribution in [0.15, 0.2) is 27.1 Å². The lowest BCUT2D eigenvalue weighted by atomic mass is 10.3. The number of nitrogens with one attached hydrogen (secondary N) is 1. The highest BCUT2D eigenvalue weighted by atomic mass is 16.5. The van der Waals surface area contributed by atoms with Crippen LogP contribution in [0.1, 0.15) is 36.3 Å². The smallest absolute Gasteiger partial charge is 0.151 e. The molecule has 0 aromatic carbocycles. The van der Waals surface area contributed by atoms with E-state index in [-0.39, 0.29) is 0 Å². The van der Waals surface area contributed by atoms with E-state index in [9.17, 15) is 0 Å². The zero-order chi connectivity index (χ0) is 14.4. The van der Waals surface area contributed by atoms with E-state index >= 15 is 0 Å². The summed E-state index contributed by atoms with van der Waals surface area (Å²) in [6.07, 6.45) is 1.12. The number of aromatic nitrogens is 1. The zero-order valence-electron chi connectivity index (χ0n) is 12.5. The third kappa shape index (κ3) is 4.51. The predicted octanol–water partition coefficient (Wildman–Crippen LogP) is 2.71. The Hall–Kier alpha value is -1.59. The van der Waals surface area contributed by atoms with Crippen LogP contribution in [-0.2, 0) is 19.6 Å². The summed E-state index contributed by atoms with van der Waals surface area (Å²) in [5.41, 5.74) is 0.954. The monoisotopic (exact) mass is 277 g/mol. The van der Waals surface area contributed by atoms with Crippen LogP contribution in [0.5, 0.6) is 0 Å². The van der Waals surface area contributed by atoms with E-state index in [2.05, 4.69) is 22.3 Å². The summed E-state index contributed by atoms with van der Waals surface area (Å²) in [5.74, 6) is 2.79. The Morgan fingerprint density at radius 2 is 2.05 bits per heavy atom. The third-order valence-electron chi connectivity index (χ3n) is 2.99. The molecule has 0 radical (unpaired) electrons. The van der Waals surface area contributed by atoms with Gasteiger partial charge in [-0.1, -0.05) is 12.1 Å². The molecule has 2 heterocycles. The molecule has 0 spiro atoms. The minimum atomic E-state index is 0.723. The lowest BCUT2D eigenvalue weighted by Gasteiger charge is -2.12. The first-order valence-corrected chi connectivity index (χ1v) is 7.06. The lowest BCUT2D eigenvalue weighted by Crippen LogP contribution is -2.16. The summed E-state index contributed by atoms with van der Waals surface area (Å²) < 4.78 is 10.9. The maximum Gasteiger partial charge on any atom is 0.151 e. The van der Waals surface area contributed by atoms with E-state index in [0.717, 1.165) is 55.6 Å². The Kier molecular flexibility index (Phi) is 5.38. The van der Waals surface area contributed by atoms with Gasteiger partial charge >= 0.3 is 0 Å². The first kappa shape index (κ1) is 14.8. The van der Waals surface area contributed by atoms with Gasteiger partial charge in [0.2, 0.25) is 0 Å². The molecular weight excluding hydrogens is 254 g/mol. The molecular formula is C15H23N3O2. The standard InChI is InChI=1S/C15H23N3O2/c1-4-7-16-9-13-8-15(20-17-13)11-18(3)10-14-6-5-12(2)19-14/h5-6,8,16H,4,7,9-11H2,1-3H3. The van der Waals surface area contributed by atoms with Crippen LogP contribution < -0.4 is 5.32 Å². The molecule has 0 bridgehead atoms. The molecule has 20 heavy (non-hydrogen) atoms. The van der Waals surface area contributed by atoms with Gasteiger partial charge < -0.3 is 14.3 Å². The van der Waals surface area contributed by atoms with Crippen molar-refractivity contribution in [1.82, 2.24) is 15.4 Å². The Labute approximate surface area is 119 Å². The van der Waals surface area contributed by atoms with Crippen molar-refractivity contribution in [3.05, 3.63) is 41.2 Å². The van der Waals surface area contributed by atoms with Crippen LogP contribution in [0.25, 0.3) is 0 Å². The normalized spacial score (nSPS) is 11.4. The number of rotatable bonds is 8. The SMILES string of the molecule is CCCNCc1cc(CN(C)Cc2ccc(C)o2)on1. The lowest BCUT2D eigenvalue weighted by molar-refractivity contribution is 0.247. The Morgan fingerprint density at radius 3 is 2.75 bits per heavy atom. The fraction of sp³-hybridized carbons (Fsp3) is 0.533. The van der Waals surface area contributed by atoms with Gasteiger partial charge in [0, 0.05) is 12.6 Å². The molecule has 0 atom stereocenters. The van der Waals surface area contributed by atoms with E-state index in [1.807, 2.05) is 32.2 Å². The van der Waals surface area contributed by atoms with Gasteiger partial charge in [0.05, 0.1) is 18.8 Å². The Bertz CT molecular complexity index is 519. The summed E-state index contributed by atoms with van der Waals surface area (Å²) in [4.78, 5) is 2.14. The average Bonchev–Trinajstić information content (AvgIpc) is 2.99. The predicted molar refractivity (Wildman–Crippen MR) is 77.1 cm³/mol. The quantitative estimate of drug-likeness (QED) is 0.752. The molecule has 1 N–H and O–H groups in total. The molecule has 0 saturated carbocycles. The summed E-state index contributed by atoms with van der Waals surface area (Å²) >= 11 is 0. The molecule has 0 aliphatic carbocycles. The molecule has 5 nitrogen and oxygen atoms in total. The molecule has 0 saturated heterocycles. The van der Waals surface area contributed by atoms with Crippen molar-refractivity contribution in [1.29, 1.82) is 0 Å².